The third-order valence-electron chi connectivity index (χ3n) is 12.2. The van der Waals surface area contributed by atoms with Crippen LogP contribution in [0.2, 0.25) is 5.02 Å². The number of carbonyl (C=O) groups is 2. The molecule has 0 aromatic heterocycles. The monoisotopic (exact) mass is 1010 g/mol. The van der Waals surface area contributed by atoms with Crippen molar-refractivity contribution in [2.75, 3.05) is 68.4 Å². The maximum absolute atomic E-state index is 14.5. The van der Waals surface area contributed by atoms with Gasteiger partial charge in [0, 0.05) is 72.2 Å². The van der Waals surface area contributed by atoms with Crippen LogP contribution in [0.3, 0.4) is 0 Å². The number of halogens is 4. The fourth-order valence-corrected chi connectivity index (χ4v) is 12.2. The van der Waals surface area contributed by atoms with Gasteiger partial charge in [-0.15, -0.1) is 11.8 Å². The first-order valence-electron chi connectivity index (χ1n) is 22.4. The predicted molar refractivity (Wildman–Crippen MR) is 263 cm³/mol. The van der Waals surface area contributed by atoms with E-state index in [1.165, 1.54) is 30.3 Å². The van der Waals surface area contributed by atoms with Crippen molar-refractivity contribution in [2.45, 2.75) is 54.1 Å². The number of carboxylic acids is 1. The van der Waals surface area contributed by atoms with E-state index in [1.807, 2.05) is 66.7 Å². The highest BCUT2D eigenvalue weighted by Gasteiger charge is 2.49. The number of sulfone groups is 1. The largest absolute Gasteiger partial charge is 0.501 e. The lowest BCUT2D eigenvalue weighted by Gasteiger charge is -2.36. The molecule has 3 N–H and O–H groups in total. The molecule has 2 aliphatic rings. The minimum Gasteiger partial charge on any atom is -0.481 e. The minimum atomic E-state index is -6.03. The Morgan fingerprint density at radius 2 is 1.53 bits per heavy atom. The van der Waals surface area contributed by atoms with E-state index in [1.54, 1.807) is 24.3 Å². The highest BCUT2D eigenvalue weighted by Crippen LogP contribution is 2.44. The first-order chi connectivity index (χ1) is 32.5. The van der Waals surface area contributed by atoms with Crippen molar-refractivity contribution in [3.63, 3.8) is 0 Å². The molecule has 0 aliphatic carbocycles. The van der Waals surface area contributed by atoms with Crippen molar-refractivity contribution in [1.82, 2.24) is 14.9 Å². The van der Waals surface area contributed by atoms with Gasteiger partial charge in [0.1, 0.15) is 4.90 Å². The summed E-state index contributed by atoms with van der Waals surface area (Å²) in [4.78, 5) is 31.6. The maximum Gasteiger partial charge on any atom is 0.501 e. The number of nitrogens with zero attached hydrogens (tertiary/aromatic N) is 3. The van der Waals surface area contributed by atoms with Crippen molar-refractivity contribution in [3.8, 4) is 11.1 Å². The van der Waals surface area contributed by atoms with Crippen molar-refractivity contribution in [2.24, 2.45) is 5.92 Å². The number of likely N-dealkylation sites (tertiary alicyclic amines) is 1. The van der Waals surface area contributed by atoms with E-state index in [4.69, 9.17) is 16.1 Å². The molecule has 0 saturated carbocycles. The zero-order valence-electron chi connectivity index (χ0n) is 37.4. The molecule has 0 unspecified atom stereocenters. The average Bonchev–Trinajstić information content (AvgIpc) is 3.33. The summed E-state index contributed by atoms with van der Waals surface area (Å²) in [6.07, 6.45) is 1.31. The van der Waals surface area contributed by atoms with E-state index in [-0.39, 0.29) is 17.9 Å². The van der Waals surface area contributed by atoms with Crippen LogP contribution in [0.25, 0.3) is 11.1 Å². The van der Waals surface area contributed by atoms with Gasteiger partial charge in [-0.3, -0.25) is 24.1 Å². The number of aliphatic carboxylic acids is 1. The van der Waals surface area contributed by atoms with Gasteiger partial charge in [0.2, 0.25) is 0 Å². The molecule has 5 aromatic rings. The Bertz CT molecular complexity index is 2670. The third-order valence-corrected chi connectivity index (χ3v) is 17.2. The number of alkyl halides is 3. The van der Waals surface area contributed by atoms with Crippen LogP contribution in [0.5, 0.6) is 0 Å². The fourth-order valence-electron chi connectivity index (χ4n) is 8.38. The minimum absolute atomic E-state index is 0.110. The number of thioether (sulfide) groups is 1. The molecule has 2 fully saturated rings. The van der Waals surface area contributed by atoms with Gasteiger partial charge in [-0.05, 0) is 123 Å². The summed E-state index contributed by atoms with van der Waals surface area (Å²) >= 11 is 7.56. The Hall–Kier alpha value is -4.87. The van der Waals surface area contributed by atoms with Crippen LogP contribution in [0.15, 0.2) is 131 Å². The molecule has 0 radical (unpaired) electrons. The number of benzene rings is 5. The molecular weight excluding hydrogens is 958 g/mol. The lowest BCUT2D eigenvalue weighted by molar-refractivity contribution is -0.143. The van der Waals surface area contributed by atoms with Crippen LogP contribution in [0, 0.1) is 5.92 Å². The van der Waals surface area contributed by atoms with E-state index in [2.05, 4.69) is 37.2 Å². The Balaban J connectivity index is 1.05. The Labute approximate surface area is 404 Å². The Morgan fingerprint density at radius 3 is 2.18 bits per heavy atom. The molecule has 362 valence electrons. The van der Waals surface area contributed by atoms with Gasteiger partial charge >= 0.3 is 19.0 Å². The lowest BCUT2D eigenvalue weighted by Crippen LogP contribution is -2.46. The number of hydrogen-bond acceptors (Lipinski definition) is 11. The molecule has 2 aliphatic heterocycles. The lowest BCUT2D eigenvalue weighted by atomic mass is 9.97. The van der Waals surface area contributed by atoms with E-state index in [0.29, 0.717) is 55.7 Å². The van der Waals surface area contributed by atoms with Crippen LogP contribution in [0.4, 0.5) is 24.5 Å². The number of rotatable bonds is 19. The van der Waals surface area contributed by atoms with Crippen LogP contribution < -0.4 is 20.6 Å². The summed E-state index contributed by atoms with van der Waals surface area (Å²) in [5.74, 6) is -1.78. The number of anilines is 2. The average molecular weight is 1010 g/mol. The van der Waals surface area contributed by atoms with Crippen LogP contribution >= 0.6 is 30.9 Å². The summed E-state index contributed by atoms with van der Waals surface area (Å²) in [6, 6.07) is 34.5. The van der Waals surface area contributed by atoms with Gasteiger partial charge in [-0.2, -0.15) is 13.2 Å². The van der Waals surface area contributed by atoms with E-state index in [0.717, 1.165) is 60.5 Å². The second-order valence-corrected chi connectivity index (χ2v) is 22.3. The van der Waals surface area contributed by atoms with Crippen LogP contribution in [0.1, 0.15) is 42.1 Å². The van der Waals surface area contributed by atoms with Gasteiger partial charge in [0.15, 0.2) is 0 Å². The fraction of sp³-hybridized carbons (Fsp3) is 0.347. The molecule has 0 spiro atoms. The van der Waals surface area contributed by atoms with Crippen molar-refractivity contribution in [1.29, 1.82) is 0 Å². The summed E-state index contributed by atoms with van der Waals surface area (Å²) in [7, 11) is -10.6. The Kier molecular flexibility index (Phi) is 17.0. The van der Waals surface area contributed by atoms with Gasteiger partial charge in [0.05, 0.1) is 23.5 Å². The first-order valence-corrected chi connectivity index (χ1v) is 26.8. The number of hydrogen-bond donors (Lipinski definition) is 3. The zero-order chi connectivity index (χ0) is 48.5. The van der Waals surface area contributed by atoms with Gasteiger partial charge in [0.25, 0.3) is 15.7 Å². The molecule has 2 atom stereocenters. The van der Waals surface area contributed by atoms with Gasteiger partial charge in [-0.25, -0.2) is 8.42 Å². The highest BCUT2D eigenvalue weighted by atomic mass is 35.5. The normalized spacial score (nSPS) is 16.8. The first kappa shape index (κ1) is 51.0. The van der Waals surface area contributed by atoms with Crippen LogP contribution in [-0.2, 0) is 30.3 Å². The van der Waals surface area contributed by atoms with Gasteiger partial charge < -0.3 is 24.7 Å². The second kappa shape index (κ2) is 22.7. The molecule has 1 amide bonds. The molecule has 2 saturated heterocycles. The quantitative estimate of drug-likeness (QED) is 0.0535. The number of carboxylic acid groups (broad SMARTS) is 1. The number of piperidine rings is 1. The Morgan fingerprint density at radius 1 is 0.868 bits per heavy atom. The van der Waals surface area contributed by atoms with E-state index < -0.39 is 56.9 Å². The van der Waals surface area contributed by atoms with Gasteiger partial charge in [-0.1, -0.05) is 66.2 Å². The highest BCUT2D eigenvalue weighted by molar-refractivity contribution is 7.99. The molecule has 68 heavy (non-hydrogen) atoms. The summed E-state index contributed by atoms with van der Waals surface area (Å²) in [5.41, 5.74) is -1.66. The zero-order valence-corrected chi connectivity index (χ0v) is 40.7. The molecule has 2 heterocycles. The second-order valence-electron chi connectivity index (χ2n) is 16.7. The molecule has 7 rings (SSSR count). The number of nitrogens with one attached hydrogen (secondary N) is 2. The number of carbonyl (C=O) groups excluding carboxylic acids is 1. The molecule has 19 heteroatoms. The molecule has 0 bridgehead atoms. The van der Waals surface area contributed by atoms with Crippen molar-refractivity contribution >= 4 is 69.3 Å². The van der Waals surface area contributed by atoms with E-state index >= 15 is 0 Å². The SMILES string of the molecule is CCO[P@@](=O)(NC(=O)c1ccc(N2CCN(Cc3ccccc3-c3ccc(Cl)cc3)CC2)cc1)c1ccc(N[C@H](CCN2CCC(C(=O)O)CC2)CSc2ccccc2)c(S(=O)(=O)C(F)(F)F)c1. The molecular formula is C49H54ClF3N5O7PS2. The van der Waals surface area contributed by atoms with E-state index in [9.17, 15) is 40.8 Å². The molecule has 12 nitrogen and oxygen atoms in total. The van der Waals surface area contributed by atoms with Crippen molar-refractivity contribution < 1.29 is 45.4 Å². The molecule has 5 aromatic carbocycles. The predicted octanol–water partition coefficient (Wildman–Crippen LogP) is 9.67. The number of amides is 1. The summed E-state index contributed by atoms with van der Waals surface area (Å²) < 4.78 is 89.9. The van der Waals surface area contributed by atoms with Crippen molar-refractivity contribution in [3.05, 3.63) is 137 Å². The maximum atomic E-state index is 14.5. The van der Waals surface area contributed by atoms with Crippen LogP contribution in [-0.4, -0.2) is 105 Å². The standard InChI is InChI=1S/C49H54ClF3N5O7PS2/c1-2-65-66(62,55-47(59)36-14-18-41(19-15-36)58-30-28-57(29-31-58)33-38-8-6-7-11-44(38)35-12-16-39(50)17-13-35)42-20-21-45(46(32-42)68(63,64)49(51,52)53)54-40(34-67-43-9-4-3-5-10-43)24-27-56-25-22-37(23-26-56)48(60)61/h3-21,32,37,40,54H,2,22-31,33-34H2,1H3,(H,60,61)(H,55,59,62)/t40-,66-/m1/s1. The number of piperazine rings is 1. The third kappa shape index (κ3) is 12.9. The topological polar surface area (TPSA) is 149 Å². The summed E-state index contributed by atoms with van der Waals surface area (Å²) in [5, 5.41) is 15.1. The smallest absolute Gasteiger partial charge is 0.481 e. The summed E-state index contributed by atoms with van der Waals surface area (Å²) in [6.45, 7) is 6.60.